The van der Waals surface area contributed by atoms with Crippen LogP contribution >= 0.6 is 0 Å². The molecule has 1 unspecified atom stereocenters. The molecule has 1 N–H and O–H groups in total. The lowest BCUT2D eigenvalue weighted by Crippen LogP contribution is -2.63. The van der Waals surface area contributed by atoms with E-state index >= 15 is 0 Å². The monoisotopic (exact) mass is 500 g/mol. The van der Waals surface area contributed by atoms with Crippen molar-refractivity contribution < 1.29 is 33.8 Å². The number of aliphatic hydroxyl groups excluding tert-OH is 1. The third-order valence-corrected chi connectivity index (χ3v) is 9.63. The van der Waals surface area contributed by atoms with Crippen molar-refractivity contribution in [2.45, 2.75) is 91.3 Å². The normalized spacial score (nSPS) is 39.1. The van der Waals surface area contributed by atoms with E-state index in [9.17, 15) is 24.3 Å². The molecule has 3 saturated carbocycles. The number of carbonyl (C=O) groups excluding carboxylic acids is 4. The fourth-order valence-electron chi connectivity index (χ4n) is 7.87. The molecule has 7 heteroatoms. The molecule has 7 nitrogen and oxygen atoms in total. The van der Waals surface area contributed by atoms with Crippen LogP contribution in [0.3, 0.4) is 0 Å². The maximum absolute atomic E-state index is 13.8. The summed E-state index contributed by atoms with van der Waals surface area (Å²) in [7, 11) is 0. The van der Waals surface area contributed by atoms with Crippen molar-refractivity contribution in [3.8, 4) is 0 Å². The lowest BCUT2D eigenvalue weighted by molar-refractivity contribution is -0.201. The quantitative estimate of drug-likeness (QED) is 0.524. The van der Waals surface area contributed by atoms with Gasteiger partial charge in [0.2, 0.25) is 5.78 Å². The van der Waals surface area contributed by atoms with Gasteiger partial charge in [0.05, 0.1) is 12.0 Å². The summed E-state index contributed by atoms with van der Waals surface area (Å²) in [5, 5.41) is 11.6. The fourth-order valence-corrected chi connectivity index (χ4v) is 7.87. The standard InChI is InChI=1S/C29H40O7/c1-6-7-24(33)36-29(23(32)16-35-26(34)17(2)3)13-11-21-20-9-8-18-14-19(30)10-12-27(18,4)25(20)22(31)15-28(21,29)5/h10,12,14,17,20-22,25,31H,6-9,11,13,15-16H2,1-5H3/t20-,21-,22-,25?,27-,28-,29-/m1/s1. The topological polar surface area (TPSA) is 107 Å². The molecule has 0 spiro atoms. The Morgan fingerprint density at radius 3 is 2.58 bits per heavy atom. The van der Waals surface area contributed by atoms with E-state index in [1.165, 1.54) is 0 Å². The molecule has 198 valence electrons. The molecule has 7 atom stereocenters. The summed E-state index contributed by atoms with van der Waals surface area (Å²) < 4.78 is 11.4. The van der Waals surface area contributed by atoms with E-state index in [2.05, 4.69) is 6.92 Å². The molecule has 4 aliphatic rings. The SMILES string of the molecule is CCCC(=O)O[C@@]1(C(=O)COC(=O)C(C)C)CC[C@@H]2[C@H]3CCC4=CC(=O)C=C[C@@]4(C)C3[C@H](O)C[C@]21C. The van der Waals surface area contributed by atoms with Gasteiger partial charge in [0.15, 0.2) is 18.0 Å². The Labute approximate surface area is 213 Å². The van der Waals surface area contributed by atoms with Gasteiger partial charge in [-0.15, -0.1) is 0 Å². The fraction of sp³-hybridized carbons (Fsp3) is 0.724. The van der Waals surface area contributed by atoms with Gasteiger partial charge in [0, 0.05) is 23.2 Å². The Kier molecular flexibility index (Phi) is 7.10. The average Bonchev–Trinajstić information content (AvgIpc) is 3.09. The van der Waals surface area contributed by atoms with Crippen molar-refractivity contribution in [2.24, 2.45) is 34.5 Å². The second kappa shape index (κ2) is 9.55. The Hall–Kier alpha value is -2.28. The zero-order valence-corrected chi connectivity index (χ0v) is 22.2. The van der Waals surface area contributed by atoms with Gasteiger partial charge >= 0.3 is 11.9 Å². The highest BCUT2D eigenvalue weighted by Gasteiger charge is 2.70. The van der Waals surface area contributed by atoms with Crippen LogP contribution in [-0.2, 0) is 28.7 Å². The van der Waals surface area contributed by atoms with Crippen LogP contribution in [-0.4, -0.2) is 46.9 Å². The molecule has 4 rings (SSSR count). The minimum absolute atomic E-state index is 0.0136. The van der Waals surface area contributed by atoms with E-state index in [1.54, 1.807) is 26.0 Å². The lowest BCUT2D eigenvalue weighted by Gasteiger charge is -2.59. The van der Waals surface area contributed by atoms with Gasteiger partial charge in [-0.05, 0) is 62.5 Å². The molecule has 0 amide bonds. The van der Waals surface area contributed by atoms with Gasteiger partial charge in [-0.3, -0.25) is 19.2 Å². The molecule has 0 bridgehead atoms. The van der Waals surface area contributed by atoms with Crippen molar-refractivity contribution in [1.82, 2.24) is 0 Å². The van der Waals surface area contributed by atoms with Crippen molar-refractivity contribution in [3.05, 3.63) is 23.8 Å². The molecule has 4 aliphatic carbocycles. The lowest BCUT2D eigenvalue weighted by atomic mass is 9.46. The van der Waals surface area contributed by atoms with E-state index < -0.39 is 46.9 Å². The van der Waals surface area contributed by atoms with E-state index in [4.69, 9.17) is 9.47 Å². The molecule has 0 aromatic rings. The first-order valence-corrected chi connectivity index (χ1v) is 13.4. The molecule has 0 heterocycles. The number of carbonyl (C=O) groups is 4. The van der Waals surface area contributed by atoms with Gasteiger partial charge < -0.3 is 14.6 Å². The van der Waals surface area contributed by atoms with Gasteiger partial charge in [-0.1, -0.05) is 46.3 Å². The molecular weight excluding hydrogens is 460 g/mol. The van der Waals surface area contributed by atoms with Crippen LogP contribution in [0.4, 0.5) is 0 Å². The van der Waals surface area contributed by atoms with Crippen molar-refractivity contribution in [3.63, 3.8) is 0 Å². The second-order valence-corrected chi connectivity index (χ2v) is 12.0. The summed E-state index contributed by atoms with van der Waals surface area (Å²) in [5.74, 6) is -1.63. The summed E-state index contributed by atoms with van der Waals surface area (Å²) in [4.78, 5) is 50.8. The Morgan fingerprint density at radius 1 is 1.19 bits per heavy atom. The molecule has 0 aromatic heterocycles. The van der Waals surface area contributed by atoms with E-state index in [-0.39, 0.29) is 35.9 Å². The smallest absolute Gasteiger partial charge is 0.308 e. The summed E-state index contributed by atoms with van der Waals surface area (Å²) in [5.41, 5.74) is -1.58. The summed E-state index contributed by atoms with van der Waals surface area (Å²) in [6.45, 7) is 8.91. The zero-order valence-electron chi connectivity index (χ0n) is 22.2. The third kappa shape index (κ3) is 4.07. The van der Waals surface area contributed by atoms with Crippen LogP contribution in [0, 0.1) is 34.5 Å². The number of Topliss-reactive ketones (excluding diaryl/α,β-unsaturated/α-hetero) is 1. The number of esters is 2. The van der Waals surface area contributed by atoms with E-state index in [0.717, 1.165) is 18.4 Å². The van der Waals surface area contributed by atoms with Crippen LogP contribution in [0.25, 0.3) is 0 Å². The minimum Gasteiger partial charge on any atom is -0.457 e. The van der Waals surface area contributed by atoms with Gasteiger partial charge in [0.1, 0.15) is 0 Å². The molecule has 36 heavy (non-hydrogen) atoms. The number of ketones is 2. The van der Waals surface area contributed by atoms with Crippen LogP contribution in [0.15, 0.2) is 23.8 Å². The highest BCUT2D eigenvalue weighted by Crippen LogP contribution is 2.68. The number of aliphatic hydroxyl groups is 1. The zero-order chi connectivity index (χ0) is 26.5. The van der Waals surface area contributed by atoms with Crippen LogP contribution in [0.1, 0.15) is 79.6 Å². The molecular formula is C29H40O7. The van der Waals surface area contributed by atoms with Gasteiger partial charge in [-0.2, -0.15) is 0 Å². The molecule has 0 aromatic carbocycles. The number of allylic oxidation sites excluding steroid dienone is 4. The van der Waals surface area contributed by atoms with Gasteiger partial charge in [-0.25, -0.2) is 0 Å². The number of hydrogen-bond acceptors (Lipinski definition) is 7. The van der Waals surface area contributed by atoms with Crippen LogP contribution in [0.2, 0.25) is 0 Å². The molecule has 0 aliphatic heterocycles. The average molecular weight is 501 g/mol. The summed E-state index contributed by atoms with van der Waals surface area (Å²) in [6, 6.07) is 0. The van der Waals surface area contributed by atoms with Crippen LogP contribution < -0.4 is 0 Å². The number of hydrogen-bond donors (Lipinski definition) is 1. The first kappa shape index (κ1) is 26.8. The molecule has 0 radical (unpaired) electrons. The van der Waals surface area contributed by atoms with Crippen molar-refractivity contribution >= 4 is 23.5 Å². The highest BCUT2D eigenvalue weighted by molar-refractivity contribution is 6.01. The first-order valence-electron chi connectivity index (χ1n) is 13.4. The largest absolute Gasteiger partial charge is 0.457 e. The third-order valence-electron chi connectivity index (χ3n) is 9.63. The second-order valence-electron chi connectivity index (χ2n) is 12.0. The van der Waals surface area contributed by atoms with Crippen molar-refractivity contribution in [2.75, 3.05) is 6.61 Å². The predicted molar refractivity (Wildman–Crippen MR) is 133 cm³/mol. The predicted octanol–water partition coefficient (Wildman–Crippen LogP) is 4.12. The number of rotatable bonds is 7. The van der Waals surface area contributed by atoms with E-state index in [1.807, 2.05) is 19.9 Å². The molecule has 3 fully saturated rings. The highest BCUT2D eigenvalue weighted by atomic mass is 16.6. The Morgan fingerprint density at radius 2 is 1.92 bits per heavy atom. The number of fused-ring (bicyclic) bond motifs is 5. The first-order chi connectivity index (χ1) is 16.9. The van der Waals surface area contributed by atoms with Crippen LogP contribution in [0.5, 0.6) is 0 Å². The summed E-state index contributed by atoms with van der Waals surface area (Å²) >= 11 is 0. The number of ether oxygens (including phenoxy) is 2. The summed E-state index contributed by atoms with van der Waals surface area (Å²) in [6.07, 6.45) is 8.22. The maximum atomic E-state index is 13.8. The minimum atomic E-state index is -1.44. The Balaban J connectivity index is 1.70. The molecule has 0 saturated heterocycles. The van der Waals surface area contributed by atoms with E-state index in [0.29, 0.717) is 25.7 Å². The Bertz CT molecular complexity index is 1010. The van der Waals surface area contributed by atoms with Gasteiger partial charge in [0.25, 0.3) is 0 Å². The maximum Gasteiger partial charge on any atom is 0.308 e. The van der Waals surface area contributed by atoms with Crippen molar-refractivity contribution in [1.29, 1.82) is 0 Å².